The van der Waals surface area contributed by atoms with E-state index in [-0.39, 0.29) is 11.9 Å². The van der Waals surface area contributed by atoms with Crippen LogP contribution in [-0.4, -0.2) is 12.6 Å². The van der Waals surface area contributed by atoms with E-state index in [4.69, 9.17) is 4.74 Å². The number of rotatable bonds is 2. The number of hydrogen-bond donors (Lipinski definition) is 0. The van der Waals surface area contributed by atoms with E-state index in [0.29, 0.717) is 18.4 Å². The second-order valence-electron chi connectivity index (χ2n) is 4.23. The Bertz CT molecular complexity index is 229. The Labute approximate surface area is 85.3 Å². The number of carbonyl (C=O) groups excluding carboxylic acids is 1. The average molecular weight is 194 g/mol. The Morgan fingerprint density at radius 3 is 2.36 bits per heavy atom. The molecular weight excluding hydrogens is 176 g/mol. The minimum absolute atomic E-state index is 0.0457. The van der Waals surface area contributed by atoms with Crippen LogP contribution >= 0.6 is 0 Å². The fraction of sp³-hybridized carbons (Fsp3) is 0.750. The monoisotopic (exact) mass is 194 g/mol. The van der Waals surface area contributed by atoms with E-state index in [1.54, 1.807) is 0 Å². The lowest BCUT2D eigenvalue weighted by Crippen LogP contribution is -2.08. The second kappa shape index (κ2) is 4.16. The van der Waals surface area contributed by atoms with E-state index in [1.165, 1.54) is 12.8 Å². The molecule has 2 aliphatic rings. The van der Waals surface area contributed by atoms with Crippen molar-refractivity contribution in [3.05, 3.63) is 12.2 Å². The van der Waals surface area contributed by atoms with Crippen LogP contribution in [0.5, 0.6) is 0 Å². The van der Waals surface area contributed by atoms with Gasteiger partial charge in [-0.25, -0.2) is 0 Å². The molecule has 14 heavy (non-hydrogen) atoms. The van der Waals surface area contributed by atoms with Gasteiger partial charge >= 0.3 is 5.97 Å². The van der Waals surface area contributed by atoms with Crippen molar-refractivity contribution in [2.75, 3.05) is 6.61 Å². The summed E-state index contributed by atoms with van der Waals surface area (Å²) in [5.74, 6) is 1.53. The summed E-state index contributed by atoms with van der Waals surface area (Å²) in [6.45, 7) is 2.40. The van der Waals surface area contributed by atoms with Crippen LogP contribution in [0, 0.1) is 17.8 Å². The molecule has 0 radical (unpaired) electrons. The Balaban J connectivity index is 1.90. The quantitative estimate of drug-likeness (QED) is 0.499. The highest BCUT2D eigenvalue weighted by molar-refractivity contribution is 5.76. The number of allylic oxidation sites excluding steroid dienone is 2. The van der Waals surface area contributed by atoms with Gasteiger partial charge in [-0.3, -0.25) is 4.79 Å². The molecule has 0 heterocycles. The minimum atomic E-state index is 0.0457. The van der Waals surface area contributed by atoms with Crippen LogP contribution < -0.4 is 0 Å². The lowest BCUT2D eigenvalue weighted by atomic mass is 10.1. The van der Waals surface area contributed by atoms with Gasteiger partial charge in [-0.05, 0) is 44.4 Å². The third kappa shape index (κ3) is 1.84. The van der Waals surface area contributed by atoms with Gasteiger partial charge in [0.1, 0.15) is 0 Å². The van der Waals surface area contributed by atoms with Gasteiger partial charge in [0, 0.05) is 0 Å². The van der Waals surface area contributed by atoms with Crippen LogP contribution in [0.1, 0.15) is 32.6 Å². The third-order valence-electron chi connectivity index (χ3n) is 3.39. The zero-order chi connectivity index (χ0) is 9.97. The molecule has 2 aliphatic carbocycles. The fourth-order valence-electron chi connectivity index (χ4n) is 2.63. The molecule has 0 aromatic heterocycles. The van der Waals surface area contributed by atoms with Crippen LogP contribution in [0.4, 0.5) is 0 Å². The zero-order valence-electron chi connectivity index (χ0n) is 8.74. The van der Waals surface area contributed by atoms with Crippen LogP contribution in [0.2, 0.25) is 0 Å². The predicted octanol–water partition coefficient (Wildman–Crippen LogP) is 2.54. The van der Waals surface area contributed by atoms with Gasteiger partial charge < -0.3 is 4.74 Å². The molecule has 1 fully saturated rings. The van der Waals surface area contributed by atoms with Crippen LogP contribution in [0.15, 0.2) is 12.2 Å². The fourth-order valence-corrected chi connectivity index (χ4v) is 2.63. The topological polar surface area (TPSA) is 26.3 Å². The molecule has 1 saturated carbocycles. The lowest BCUT2D eigenvalue weighted by molar-refractivity contribution is -0.145. The molecule has 0 spiro atoms. The summed E-state index contributed by atoms with van der Waals surface area (Å²) in [6, 6.07) is 0. The number of esters is 1. The number of ether oxygens (including phenoxy) is 1. The standard InChI is InChI=1S/C12H18O2/c1-2-14-12(13)11-9-7-5-3-4-6-8-10(9)11/h3-4,9-11H,2,5-8H2,1H3/b4-3+/t9-,10+,11+. The molecule has 0 amide bonds. The molecule has 0 aliphatic heterocycles. The SMILES string of the molecule is CCOC(=O)[C@H]1[C@@H]2CC/C=C/CC[C@@H]21. The molecule has 0 aromatic carbocycles. The highest BCUT2D eigenvalue weighted by Crippen LogP contribution is 2.53. The summed E-state index contributed by atoms with van der Waals surface area (Å²) in [5.41, 5.74) is 0. The summed E-state index contributed by atoms with van der Waals surface area (Å²) in [4.78, 5) is 11.6. The van der Waals surface area contributed by atoms with Gasteiger partial charge in [0.15, 0.2) is 0 Å². The van der Waals surface area contributed by atoms with Gasteiger partial charge in [0.2, 0.25) is 0 Å². The predicted molar refractivity (Wildman–Crippen MR) is 54.7 cm³/mol. The summed E-state index contributed by atoms with van der Waals surface area (Å²) in [5, 5.41) is 0. The summed E-state index contributed by atoms with van der Waals surface area (Å²) in [7, 11) is 0. The van der Waals surface area contributed by atoms with Crippen molar-refractivity contribution >= 4 is 5.97 Å². The van der Waals surface area contributed by atoms with Gasteiger partial charge in [-0.15, -0.1) is 0 Å². The first-order valence-corrected chi connectivity index (χ1v) is 5.66. The van der Waals surface area contributed by atoms with E-state index < -0.39 is 0 Å². The molecule has 0 unspecified atom stereocenters. The Hall–Kier alpha value is -0.790. The van der Waals surface area contributed by atoms with Crippen molar-refractivity contribution in [1.29, 1.82) is 0 Å². The van der Waals surface area contributed by atoms with Crippen LogP contribution in [0.25, 0.3) is 0 Å². The smallest absolute Gasteiger partial charge is 0.309 e. The van der Waals surface area contributed by atoms with E-state index in [0.717, 1.165) is 12.8 Å². The van der Waals surface area contributed by atoms with Gasteiger partial charge in [-0.1, -0.05) is 12.2 Å². The summed E-state index contributed by atoms with van der Waals surface area (Å²) in [6.07, 6.45) is 9.11. The van der Waals surface area contributed by atoms with Crippen molar-refractivity contribution < 1.29 is 9.53 Å². The normalized spacial score (nSPS) is 37.6. The number of hydrogen-bond acceptors (Lipinski definition) is 2. The highest BCUT2D eigenvalue weighted by Gasteiger charge is 2.54. The minimum Gasteiger partial charge on any atom is -0.466 e. The highest BCUT2D eigenvalue weighted by atomic mass is 16.5. The molecule has 0 N–H and O–H groups in total. The molecular formula is C12H18O2. The molecule has 2 heteroatoms. The maximum atomic E-state index is 11.6. The molecule has 0 aromatic rings. The molecule has 0 saturated heterocycles. The van der Waals surface area contributed by atoms with Crippen molar-refractivity contribution in [3.63, 3.8) is 0 Å². The Morgan fingerprint density at radius 1 is 1.29 bits per heavy atom. The van der Waals surface area contributed by atoms with Crippen molar-refractivity contribution in [2.45, 2.75) is 32.6 Å². The van der Waals surface area contributed by atoms with Crippen LogP contribution in [-0.2, 0) is 9.53 Å². The molecule has 3 atom stereocenters. The van der Waals surface area contributed by atoms with E-state index in [2.05, 4.69) is 12.2 Å². The van der Waals surface area contributed by atoms with Gasteiger partial charge in [0.25, 0.3) is 0 Å². The third-order valence-corrected chi connectivity index (χ3v) is 3.39. The Morgan fingerprint density at radius 2 is 1.86 bits per heavy atom. The van der Waals surface area contributed by atoms with E-state index >= 15 is 0 Å². The molecule has 2 nitrogen and oxygen atoms in total. The zero-order valence-corrected chi connectivity index (χ0v) is 8.74. The summed E-state index contributed by atoms with van der Waals surface area (Å²) < 4.78 is 5.08. The van der Waals surface area contributed by atoms with Crippen molar-refractivity contribution in [1.82, 2.24) is 0 Å². The first-order chi connectivity index (χ1) is 6.84. The average Bonchev–Trinajstić information content (AvgIpc) is 2.77. The molecule has 2 rings (SSSR count). The molecule has 78 valence electrons. The van der Waals surface area contributed by atoms with Crippen molar-refractivity contribution in [3.8, 4) is 0 Å². The first kappa shape index (κ1) is 9.75. The molecule has 0 bridgehead atoms. The summed E-state index contributed by atoms with van der Waals surface area (Å²) >= 11 is 0. The maximum absolute atomic E-state index is 11.6. The number of carbonyl (C=O) groups is 1. The van der Waals surface area contributed by atoms with E-state index in [9.17, 15) is 4.79 Å². The van der Waals surface area contributed by atoms with Crippen LogP contribution in [0.3, 0.4) is 0 Å². The lowest BCUT2D eigenvalue weighted by Gasteiger charge is -1.99. The number of fused-ring (bicyclic) bond motifs is 1. The van der Waals surface area contributed by atoms with Gasteiger partial charge in [0.05, 0.1) is 12.5 Å². The van der Waals surface area contributed by atoms with E-state index in [1.807, 2.05) is 6.92 Å². The second-order valence-corrected chi connectivity index (χ2v) is 4.23. The maximum Gasteiger partial charge on any atom is 0.309 e. The largest absolute Gasteiger partial charge is 0.466 e. The van der Waals surface area contributed by atoms with Crippen molar-refractivity contribution in [2.24, 2.45) is 17.8 Å². The van der Waals surface area contributed by atoms with Gasteiger partial charge in [-0.2, -0.15) is 0 Å². The Kier molecular flexibility index (Phi) is 2.90. The first-order valence-electron chi connectivity index (χ1n) is 5.66.